The Morgan fingerprint density at radius 1 is 1.16 bits per heavy atom. The van der Waals surface area contributed by atoms with Crippen LogP contribution >= 0.6 is 0 Å². The van der Waals surface area contributed by atoms with Gasteiger partial charge in [-0.3, -0.25) is 0 Å². The third-order valence-corrected chi connectivity index (χ3v) is 3.36. The number of hydrogen-bond donors (Lipinski definition) is 1. The number of fused-ring (bicyclic) bond motifs is 1. The Balaban J connectivity index is 2.63. The van der Waals surface area contributed by atoms with Crippen LogP contribution in [-0.2, 0) is 13.0 Å². The lowest BCUT2D eigenvalue weighted by molar-refractivity contribution is 0.355. The molecule has 0 aliphatic rings. The average molecular weight is 262 g/mol. The zero-order valence-corrected chi connectivity index (χ0v) is 11.9. The smallest absolute Gasteiger partial charge is 0.162 e. The lowest BCUT2D eigenvalue weighted by Crippen LogP contribution is -2.08. The van der Waals surface area contributed by atoms with Crippen LogP contribution in [0.2, 0.25) is 0 Å². The number of methoxy groups -OCH3 is 2. The molecule has 0 amide bonds. The number of benzene rings is 1. The molecule has 2 N–H and O–H groups in total. The lowest BCUT2D eigenvalue weighted by Gasteiger charge is -2.09. The van der Waals surface area contributed by atoms with Gasteiger partial charge >= 0.3 is 0 Å². The Kier molecular flexibility index (Phi) is 4.32. The first kappa shape index (κ1) is 13.7. The maximum Gasteiger partial charge on any atom is 0.162 e. The standard InChI is InChI=1S/C15H22N2O2/c1-4-5-11-10-17(7-6-16)13-9-15(19-3)14(18-2)8-12(11)13/h8-10H,4-7,16H2,1-3H3. The maximum absolute atomic E-state index is 5.68. The van der Waals surface area contributed by atoms with Gasteiger partial charge in [-0.05, 0) is 18.1 Å². The van der Waals surface area contributed by atoms with Gasteiger partial charge < -0.3 is 19.8 Å². The van der Waals surface area contributed by atoms with Gasteiger partial charge in [0.1, 0.15) is 0 Å². The Bertz CT molecular complexity index is 513. The highest BCUT2D eigenvalue weighted by Crippen LogP contribution is 2.35. The number of nitrogens with zero attached hydrogens (tertiary/aromatic N) is 1. The highest BCUT2D eigenvalue weighted by molar-refractivity contribution is 5.87. The van der Waals surface area contributed by atoms with Gasteiger partial charge in [-0.15, -0.1) is 0 Å². The highest BCUT2D eigenvalue weighted by atomic mass is 16.5. The molecule has 0 aliphatic carbocycles. The van der Waals surface area contributed by atoms with Crippen molar-refractivity contribution in [3.8, 4) is 11.5 Å². The molecule has 4 nitrogen and oxygen atoms in total. The molecule has 19 heavy (non-hydrogen) atoms. The molecule has 0 atom stereocenters. The summed E-state index contributed by atoms with van der Waals surface area (Å²) in [6, 6.07) is 4.09. The second kappa shape index (κ2) is 5.97. The maximum atomic E-state index is 5.68. The van der Waals surface area contributed by atoms with Crippen molar-refractivity contribution in [2.75, 3.05) is 20.8 Å². The molecule has 0 saturated carbocycles. The van der Waals surface area contributed by atoms with Crippen LogP contribution in [0.25, 0.3) is 10.9 Å². The number of aryl methyl sites for hydroxylation is 1. The Morgan fingerprint density at radius 2 is 1.84 bits per heavy atom. The van der Waals surface area contributed by atoms with Crippen LogP contribution in [-0.4, -0.2) is 25.3 Å². The van der Waals surface area contributed by atoms with E-state index in [9.17, 15) is 0 Å². The molecule has 0 spiro atoms. The Labute approximate surface area is 114 Å². The van der Waals surface area contributed by atoms with Crippen molar-refractivity contribution in [3.05, 3.63) is 23.9 Å². The number of aromatic nitrogens is 1. The van der Waals surface area contributed by atoms with Gasteiger partial charge in [0.05, 0.1) is 19.7 Å². The second-order valence-corrected chi connectivity index (χ2v) is 4.61. The molecule has 0 saturated heterocycles. The van der Waals surface area contributed by atoms with E-state index < -0.39 is 0 Å². The largest absolute Gasteiger partial charge is 0.493 e. The van der Waals surface area contributed by atoms with E-state index in [1.807, 2.05) is 6.07 Å². The highest BCUT2D eigenvalue weighted by Gasteiger charge is 2.13. The Hall–Kier alpha value is -1.68. The van der Waals surface area contributed by atoms with Gasteiger partial charge in [0, 0.05) is 30.7 Å². The Morgan fingerprint density at radius 3 is 2.42 bits per heavy atom. The number of hydrogen-bond acceptors (Lipinski definition) is 3. The van der Waals surface area contributed by atoms with Crippen molar-refractivity contribution in [1.82, 2.24) is 4.57 Å². The minimum atomic E-state index is 0.629. The number of rotatable bonds is 6. The van der Waals surface area contributed by atoms with Crippen LogP contribution < -0.4 is 15.2 Å². The summed E-state index contributed by atoms with van der Waals surface area (Å²) in [6.45, 7) is 3.63. The summed E-state index contributed by atoms with van der Waals surface area (Å²) in [5.74, 6) is 1.53. The molecular weight excluding hydrogens is 240 g/mol. The molecule has 1 aromatic carbocycles. The van der Waals surface area contributed by atoms with E-state index in [1.165, 1.54) is 10.9 Å². The summed E-state index contributed by atoms with van der Waals surface area (Å²) in [7, 11) is 3.33. The topological polar surface area (TPSA) is 49.4 Å². The first-order valence-electron chi connectivity index (χ1n) is 6.69. The summed E-state index contributed by atoms with van der Waals surface area (Å²) in [4.78, 5) is 0. The summed E-state index contributed by atoms with van der Waals surface area (Å²) in [5.41, 5.74) is 8.18. The normalized spacial score (nSPS) is 10.9. The minimum Gasteiger partial charge on any atom is -0.493 e. The molecule has 2 aromatic rings. The molecular formula is C15H22N2O2. The van der Waals surface area contributed by atoms with Crippen LogP contribution in [0, 0.1) is 0 Å². The summed E-state index contributed by atoms with van der Waals surface area (Å²) in [5, 5.41) is 1.23. The van der Waals surface area contributed by atoms with Crippen molar-refractivity contribution in [1.29, 1.82) is 0 Å². The number of nitrogens with two attached hydrogens (primary N) is 1. The predicted octanol–water partition coefficient (Wildman–Crippen LogP) is 2.57. The van der Waals surface area contributed by atoms with Gasteiger partial charge in [0.15, 0.2) is 11.5 Å². The van der Waals surface area contributed by atoms with E-state index in [0.29, 0.717) is 6.54 Å². The minimum absolute atomic E-state index is 0.629. The monoisotopic (exact) mass is 262 g/mol. The van der Waals surface area contributed by atoms with Crippen LogP contribution in [0.1, 0.15) is 18.9 Å². The second-order valence-electron chi connectivity index (χ2n) is 4.61. The van der Waals surface area contributed by atoms with Gasteiger partial charge in [-0.1, -0.05) is 13.3 Å². The SMILES string of the molecule is CCCc1cn(CCN)c2cc(OC)c(OC)cc12. The first-order chi connectivity index (χ1) is 9.24. The van der Waals surface area contributed by atoms with E-state index >= 15 is 0 Å². The van der Waals surface area contributed by atoms with Crippen LogP contribution in [0.5, 0.6) is 11.5 Å². The summed E-state index contributed by atoms with van der Waals surface area (Å²) < 4.78 is 13.0. The van der Waals surface area contributed by atoms with Crippen LogP contribution in [0.15, 0.2) is 18.3 Å². The van der Waals surface area contributed by atoms with Gasteiger partial charge in [-0.2, -0.15) is 0 Å². The first-order valence-corrected chi connectivity index (χ1v) is 6.69. The van der Waals surface area contributed by atoms with E-state index in [0.717, 1.165) is 36.4 Å². The summed E-state index contributed by atoms with van der Waals surface area (Å²) >= 11 is 0. The van der Waals surface area contributed by atoms with Gasteiger partial charge in [0.25, 0.3) is 0 Å². The zero-order valence-electron chi connectivity index (χ0n) is 11.9. The van der Waals surface area contributed by atoms with E-state index in [2.05, 4.69) is 23.8 Å². The third-order valence-electron chi connectivity index (χ3n) is 3.36. The third kappa shape index (κ3) is 2.54. The van der Waals surface area contributed by atoms with Crippen molar-refractivity contribution >= 4 is 10.9 Å². The molecule has 2 rings (SSSR count). The van der Waals surface area contributed by atoms with Crippen LogP contribution in [0.4, 0.5) is 0 Å². The predicted molar refractivity (Wildman–Crippen MR) is 78.1 cm³/mol. The molecule has 104 valence electrons. The molecule has 1 heterocycles. The molecule has 0 bridgehead atoms. The van der Waals surface area contributed by atoms with Crippen molar-refractivity contribution in [2.45, 2.75) is 26.3 Å². The lowest BCUT2D eigenvalue weighted by atomic mass is 10.1. The van der Waals surface area contributed by atoms with Crippen LogP contribution in [0.3, 0.4) is 0 Å². The fourth-order valence-corrected chi connectivity index (χ4v) is 2.48. The quantitative estimate of drug-likeness (QED) is 0.870. The molecule has 0 unspecified atom stereocenters. The molecule has 0 radical (unpaired) electrons. The van der Waals surface area contributed by atoms with E-state index in [1.54, 1.807) is 14.2 Å². The average Bonchev–Trinajstić information content (AvgIpc) is 2.76. The van der Waals surface area contributed by atoms with Gasteiger partial charge in [-0.25, -0.2) is 0 Å². The van der Waals surface area contributed by atoms with E-state index in [4.69, 9.17) is 15.2 Å². The molecule has 0 aliphatic heterocycles. The van der Waals surface area contributed by atoms with Crippen molar-refractivity contribution in [2.24, 2.45) is 5.73 Å². The van der Waals surface area contributed by atoms with Gasteiger partial charge in [0.2, 0.25) is 0 Å². The fourth-order valence-electron chi connectivity index (χ4n) is 2.48. The van der Waals surface area contributed by atoms with Crippen molar-refractivity contribution in [3.63, 3.8) is 0 Å². The van der Waals surface area contributed by atoms with Crippen molar-refractivity contribution < 1.29 is 9.47 Å². The zero-order chi connectivity index (χ0) is 13.8. The summed E-state index contributed by atoms with van der Waals surface area (Å²) in [6.07, 6.45) is 4.37. The molecule has 4 heteroatoms. The molecule has 1 aromatic heterocycles. The molecule has 0 fully saturated rings. The number of ether oxygens (including phenoxy) is 2. The van der Waals surface area contributed by atoms with E-state index in [-0.39, 0.29) is 0 Å². The fraction of sp³-hybridized carbons (Fsp3) is 0.467.